The lowest BCUT2D eigenvalue weighted by molar-refractivity contribution is -0.114. The second-order valence-electron chi connectivity index (χ2n) is 8.31. The van der Waals surface area contributed by atoms with Gasteiger partial charge in [-0.1, -0.05) is 30.3 Å². The van der Waals surface area contributed by atoms with Gasteiger partial charge in [0.25, 0.3) is 5.91 Å². The van der Waals surface area contributed by atoms with E-state index in [1.165, 1.54) is 32.9 Å². The van der Waals surface area contributed by atoms with Gasteiger partial charge in [0.15, 0.2) is 0 Å². The lowest BCUT2D eigenvalue weighted by Gasteiger charge is -2.44. The van der Waals surface area contributed by atoms with E-state index in [0.717, 1.165) is 38.3 Å². The quantitative estimate of drug-likeness (QED) is 0.595. The number of halogens is 1. The van der Waals surface area contributed by atoms with E-state index in [-0.39, 0.29) is 30.3 Å². The summed E-state index contributed by atoms with van der Waals surface area (Å²) >= 11 is 1.54. The molecule has 7 heteroatoms. The summed E-state index contributed by atoms with van der Waals surface area (Å²) in [5.74, 6) is 0.557. The van der Waals surface area contributed by atoms with Gasteiger partial charge >= 0.3 is 0 Å². The van der Waals surface area contributed by atoms with Crippen molar-refractivity contribution in [1.82, 2.24) is 10.2 Å². The van der Waals surface area contributed by atoms with E-state index in [4.69, 9.17) is 0 Å². The van der Waals surface area contributed by atoms with E-state index in [1.807, 2.05) is 36.4 Å². The minimum absolute atomic E-state index is 0. The third kappa shape index (κ3) is 4.47. The lowest BCUT2D eigenvalue weighted by atomic mass is 9.84. The molecule has 4 heterocycles. The Morgan fingerprint density at radius 2 is 1.84 bits per heavy atom. The maximum absolute atomic E-state index is 13.0. The molecule has 162 valence electrons. The summed E-state index contributed by atoms with van der Waals surface area (Å²) in [5, 5.41) is 7.21. The van der Waals surface area contributed by atoms with Gasteiger partial charge in [-0.15, -0.1) is 23.7 Å². The van der Waals surface area contributed by atoms with Crippen molar-refractivity contribution in [3.05, 3.63) is 53.4 Å². The number of piperidine rings is 3. The number of nitrogens with one attached hydrogen (secondary N) is 2. The van der Waals surface area contributed by atoms with Crippen molar-refractivity contribution in [1.29, 1.82) is 0 Å². The van der Waals surface area contributed by atoms with Crippen LogP contribution in [0.3, 0.4) is 0 Å². The molecule has 0 aliphatic carbocycles. The first-order valence-electron chi connectivity index (χ1n) is 10.5. The second kappa shape index (κ2) is 8.99. The van der Waals surface area contributed by atoms with Crippen molar-refractivity contribution in [2.24, 2.45) is 5.92 Å². The minimum atomic E-state index is -0.0896. The van der Waals surface area contributed by atoms with Crippen molar-refractivity contribution in [2.45, 2.75) is 25.8 Å². The van der Waals surface area contributed by atoms with Gasteiger partial charge in [0.2, 0.25) is 5.91 Å². The summed E-state index contributed by atoms with van der Waals surface area (Å²) in [6.07, 6.45) is 2.37. The number of carbonyl (C=O) groups is 2. The molecule has 2 bridgehead atoms. The fourth-order valence-corrected chi connectivity index (χ4v) is 5.84. The first-order valence-corrected chi connectivity index (χ1v) is 11.3. The van der Waals surface area contributed by atoms with Crippen LogP contribution in [0.15, 0.2) is 48.5 Å². The van der Waals surface area contributed by atoms with Crippen LogP contribution >= 0.6 is 23.7 Å². The number of fused-ring (bicyclic) bond motifs is 4. The number of carbonyl (C=O) groups excluding carboxylic acids is 2. The monoisotopic (exact) mass is 455 g/mol. The standard InChI is InChI=1S/C24H25N3O2S.ClH/c1-15(28)25-19-6-2-4-17(12-19)20-7-3-5-18-13-22(30-23(18)20)24(29)26-21-14-27-10-8-16(21)9-11-27;/h2-7,12-13,16,21H,8-11,14H2,1H3,(H,25,28)(H,26,29);1H/t21-;/m0./s1. The average Bonchev–Trinajstić information content (AvgIpc) is 3.19. The Morgan fingerprint density at radius 1 is 1.06 bits per heavy atom. The Kier molecular flexibility index (Phi) is 6.32. The molecule has 0 saturated carbocycles. The number of hydrogen-bond donors (Lipinski definition) is 2. The molecule has 6 rings (SSSR count). The zero-order chi connectivity index (χ0) is 20.7. The summed E-state index contributed by atoms with van der Waals surface area (Å²) in [4.78, 5) is 27.6. The molecule has 2 N–H and O–H groups in total. The van der Waals surface area contributed by atoms with Crippen LogP contribution in [0.25, 0.3) is 21.2 Å². The first kappa shape index (κ1) is 21.8. The van der Waals surface area contributed by atoms with Crippen molar-refractivity contribution < 1.29 is 9.59 Å². The van der Waals surface area contributed by atoms with Crippen LogP contribution in [0.2, 0.25) is 0 Å². The molecule has 31 heavy (non-hydrogen) atoms. The van der Waals surface area contributed by atoms with E-state index >= 15 is 0 Å². The van der Waals surface area contributed by atoms with Gasteiger partial charge < -0.3 is 15.5 Å². The summed E-state index contributed by atoms with van der Waals surface area (Å²) in [5.41, 5.74) is 2.87. The molecule has 0 spiro atoms. The van der Waals surface area contributed by atoms with Gasteiger partial charge in [-0.3, -0.25) is 9.59 Å². The molecule has 0 unspecified atom stereocenters. The van der Waals surface area contributed by atoms with E-state index in [2.05, 4.69) is 27.7 Å². The zero-order valence-electron chi connectivity index (χ0n) is 17.4. The molecule has 3 aromatic rings. The van der Waals surface area contributed by atoms with Gasteiger partial charge in [0, 0.05) is 29.9 Å². The number of benzene rings is 2. The van der Waals surface area contributed by atoms with E-state index in [9.17, 15) is 9.59 Å². The SMILES string of the molecule is CC(=O)Nc1cccc(-c2cccc3cc(C(=O)N[C@H]4CN5CCC4CC5)sc23)c1.Cl. The van der Waals surface area contributed by atoms with E-state index < -0.39 is 0 Å². The van der Waals surface area contributed by atoms with E-state index in [0.29, 0.717) is 5.92 Å². The summed E-state index contributed by atoms with van der Waals surface area (Å²) in [6, 6.07) is 16.2. The van der Waals surface area contributed by atoms with Gasteiger partial charge in [-0.05, 0) is 66.6 Å². The summed E-state index contributed by atoms with van der Waals surface area (Å²) in [6.45, 7) is 4.82. The highest BCUT2D eigenvalue weighted by Crippen LogP contribution is 2.36. The fourth-order valence-electron chi connectivity index (χ4n) is 4.74. The fraction of sp³-hybridized carbons (Fsp3) is 0.333. The smallest absolute Gasteiger partial charge is 0.261 e. The lowest BCUT2D eigenvalue weighted by Crippen LogP contribution is -2.57. The molecular weight excluding hydrogens is 430 g/mol. The molecule has 3 fully saturated rings. The largest absolute Gasteiger partial charge is 0.347 e. The maximum atomic E-state index is 13.0. The van der Waals surface area contributed by atoms with Crippen LogP contribution in [0.1, 0.15) is 29.4 Å². The molecule has 0 radical (unpaired) electrons. The van der Waals surface area contributed by atoms with Crippen molar-refractivity contribution in [3.63, 3.8) is 0 Å². The Balaban J connectivity index is 0.00000231. The number of thiophene rings is 1. The first-order chi connectivity index (χ1) is 14.6. The molecule has 3 aliphatic heterocycles. The Bertz CT molecular complexity index is 1120. The Hall–Kier alpha value is -2.41. The molecule has 2 amide bonds. The van der Waals surface area contributed by atoms with Crippen LogP contribution in [-0.4, -0.2) is 42.4 Å². The van der Waals surface area contributed by atoms with Crippen LogP contribution in [0.4, 0.5) is 5.69 Å². The van der Waals surface area contributed by atoms with Crippen LogP contribution in [-0.2, 0) is 4.79 Å². The van der Waals surface area contributed by atoms with Gasteiger partial charge in [0.05, 0.1) is 4.88 Å². The summed E-state index contributed by atoms with van der Waals surface area (Å²) < 4.78 is 1.09. The number of rotatable bonds is 4. The highest BCUT2D eigenvalue weighted by molar-refractivity contribution is 7.21. The van der Waals surface area contributed by atoms with Crippen LogP contribution in [0.5, 0.6) is 0 Å². The molecule has 3 aliphatic rings. The predicted octanol–water partition coefficient (Wildman–Crippen LogP) is 4.77. The Morgan fingerprint density at radius 3 is 2.55 bits per heavy atom. The van der Waals surface area contributed by atoms with Gasteiger partial charge in [0.1, 0.15) is 0 Å². The number of hydrogen-bond acceptors (Lipinski definition) is 4. The molecule has 1 aromatic heterocycles. The highest BCUT2D eigenvalue weighted by atomic mass is 35.5. The van der Waals surface area contributed by atoms with Crippen LogP contribution < -0.4 is 10.6 Å². The zero-order valence-corrected chi connectivity index (χ0v) is 19.0. The van der Waals surface area contributed by atoms with Gasteiger partial charge in [-0.2, -0.15) is 0 Å². The third-order valence-corrected chi connectivity index (χ3v) is 7.42. The van der Waals surface area contributed by atoms with Crippen molar-refractivity contribution >= 4 is 51.3 Å². The second-order valence-corrected chi connectivity index (χ2v) is 9.37. The minimum Gasteiger partial charge on any atom is -0.347 e. The normalized spacial score (nSPS) is 22.0. The summed E-state index contributed by atoms with van der Waals surface area (Å²) in [7, 11) is 0. The molecule has 5 nitrogen and oxygen atoms in total. The number of nitrogens with zero attached hydrogens (tertiary/aromatic N) is 1. The highest BCUT2D eigenvalue weighted by Gasteiger charge is 2.35. The van der Waals surface area contributed by atoms with Gasteiger partial charge in [-0.25, -0.2) is 0 Å². The maximum Gasteiger partial charge on any atom is 0.261 e. The average molecular weight is 456 g/mol. The van der Waals surface area contributed by atoms with Crippen LogP contribution in [0, 0.1) is 5.92 Å². The molecule has 1 atom stereocenters. The predicted molar refractivity (Wildman–Crippen MR) is 129 cm³/mol. The molecular formula is C24H26ClN3O2S. The third-order valence-electron chi connectivity index (χ3n) is 6.23. The number of amides is 2. The molecule has 3 saturated heterocycles. The van der Waals surface area contributed by atoms with Crippen molar-refractivity contribution in [3.8, 4) is 11.1 Å². The van der Waals surface area contributed by atoms with E-state index in [1.54, 1.807) is 11.3 Å². The topological polar surface area (TPSA) is 61.4 Å². The Labute approximate surface area is 192 Å². The van der Waals surface area contributed by atoms with Crippen molar-refractivity contribution in [2.75, 3.05) is 25.0 Å². The number of anilines is 1. The molecule has 2 aromatic carbocycles.